The van der Waals surface area contributed by atoms with E-state index in [4.69, 9.17) is 0 Å². The van der Waals surface area contributed by atoms with E-state index in [0.29, 0.717) is 28.8 Å². The summed E-state index contributed by atoms with van der Waals surface area (Å²) in [5.41, 5.74) is 2.62. The first-order chi connectivity index (χ1) is 12.5. The molecule has 5 nitrogen and oxygen atoms in total. The van der Waals surface area contributed by atoms with Crippen LogP contribution in [0.2, 0.25) is 0 Å². The van der Waals surface area contributed by atoms with Crippen LogP contribution in [-0.2, 0) is 13.6 Å². The largest absolute Gasteiger partial charge is 0.330 e. The number of aryl methyl sites for hydroxylation is 1. The molecule has 0 atom stereocenters. The first-order valence-electron chi connectivity index (χ1n) is 7.93. The Hall–Kier alpha value is -3.35. The monoisotopic (exact) mass is 352 g/mol. The van der Waals surface area contributed by atoms with Gasteiger partial charge in [-0.2, -0.15) is 0 Å². The van der Waals surface area contributed by atoms with E-state index in [-0.39, 0.29) is 5.69 Å². The number of benzene rings is 1. The summed E-state index contributed by atoms with van der Waals surface area (Å²) in [6.45, 7) is 0.326. The van der Waals surface area contributed by atoms with Crippen molar-refractivity contribution in [3.63, 3.8) is 0 Å². The molecular weight excluding hydrogens is 338 g/mol. The number of aromatic nitrogens is 4. The third-order valence-electron chi connectivity index (χ3n) is 4.23. The highest BCUT2D eigenvalue weighted by atomic mass is 19.1. The van der Waals surface area contributed by atoms with Crippen LogP contribution >= 0.6 is 0 Å². The topological polar surface area (TPSA) is 52.7 Å². The highest BCUT2D eigenvalue weighted by Gasteiger charge is 2.14. The van der Waals surface area contributed by atoms with Gasteiger partial charge in [0.15, 0.2) is 5.65 Å². The Morgan fingerprint density at radius 2 is 1.81 bits per heavy atom. The van der Waals surface area contributed by atoms with Crippen LogP contribution in [0.25, 0.3) is 22.3 Å². The van der Waals surface area contributed by atoms with E-state index in [1.807, 2.05) is 6.07 Å². The van der Waals surface area contributed by atoms with Gasteiger partial charge in [0, 0.05) is 37.3 Å². The molecule has 0 saturated carbocycles. The summed E-state index contributed by atoms with van der Waals surface area (Å²) in [5, 5.41) is 0. The predicted molar refractivity (Wildman–Crippen MR) is 93.7 cm³/mol. The molecule has 26 heavy (non-hydrogen) atoms. The SMILES string of the molecule is Cn1c(=O)n(Cc2cccnc2)c2cc(-c3cc(F)cc(F)c3)cnc21. The molecule has 0 saturated heterocycles. The Morgan fingerprint density at radius 1 is 1.04 bits per heavy atom. The van der Waals surface area contributed by atoms with Gasteiger partial charge < -0.3 is 0 Å². The van der Waals surface area contributed by atoms with Crippen molar-refractivity contribution in [2.45, 2.75) is 6.54 Å². The summed E-state index contributed by atoms with van der Waals surface area (Å²) >= 11 is 0. The van der Waals surface area contributed by atoms with Gasteiger partial charge >= 0.3 is 5.69 Å². The second kappa shape index (κ2) is 6.18. The van der Waals surface area contributed by atoms with Crippen LogP contribution in [0.3, 0.4) is 0 Å². The van der Waals surface area contributed by atoms with Gasteiger partial charge in [0.25, 0.3) is 0 Å². The number of fused-ring (bicyclic) bond motifs is 1. The molecule has 0 aliphatic carbocycles. The van der Waals surface area contributed by atoms with Crippen LogP contribution in [0.1, 0.15) is 5.56 Å². The summed E-state index contributed by atoms with van der Waals surface area (Å²) in [6.07, 6.45) is 4.85. The molecule has 0 unspecified atom stereocenters. The van der Waals surface area contributed by atoms with Crippen molar-refractivity contribution in [1.29, 1.82) is 0 Å². The van der Waals surface area contributed by atoms with Gasteiger partial charge in [0.05, 0.1) is 12.1 Å². The molecule has 0 bridgehead atoms. The van der Waals surface area contributed by atoms with Gasteiger partial charge in [-0.1, -0.05) is 6.07 Å². The van der Waals surface area contributed by atoms with Crippen molar-refractivity contribution < 1.29 is 8.78 Å². The van der Waals surface area contributed by atoms with Gasteiger partial charge in [-0.15, -0.1) is 0 Å². The third-order valence-corrected chi connectivity index (χ3v) is 4.23. The fourth-order valence-electron chi connectivity index (χ4n) is 2.98. The average Bonchev–Trinajstić information content (AvgIpc) is 2.86. The summed E-state index contributed by atoms with van der Waals surface area (Å²) in [4.78, 5) is 21.0. The Morgan fingerprint density at radius 3 is 2.50 bits per heavy atom. The second-order valence-electron chi connectivity index (χ2n) is 6.01. The molecule has 130 valence electrons. The molecule has 0 spiro atoms. The normalized spacial score (nSPS) is 11.2. The zero-order valence-corrected chi connectivity index (χ0v) is 13.9. The first kappa shape index (κ1) is 16.1. The molecule has 0 amide bonds. The lowest BCUT2D eigenvalue weighted by molar-refractivity contribution is 0.584. The van der Waals surface area contributed by atoms with Crippen molar-refractivity contribution in [3.8, 4) is 11.1 Å². The van der Waals surface area contributed by atoms with E-state index in [1.54, 1.807) is 36.1 Å². The van der Waals surface area contributed by atoms with Crippen LogP contribution < -0.4 is 5.69 Å². The van der Waals surface area contributed by atoms with Crippen LogP contribution in [0.5, 0.6) is 0 Å². The summed E-state index contributed by atoms with van der Waals surface area (Å²) in [6, 6.07) is 8.67. The maximum absolute atomic E-state index is 13.5. The molecular formula is C19H14F2N4O. The first-order valence-corrected chi connectivity index (χ1v) is 7.93. The van der Waals surface area contributed by atoms with Crippen molar-refractivity contribution in [2.75, 3.05) is 0 Å². The van der Waals surface area contributed by atoms with Crippen LogP contribution in [-0.4, -0.2) is 19.1 Å². The summed E-state index contributed by atoms with van der Waals surface area (Å²) in [7, 11) is 1.64. The minimum absolute atomic E-state index is 0.223. The standard InChI is InChI=1S/C19H14F2N4O/c1-24-18-17(25(19(24)26)11-12-3-2-4-22-9-12)7-14(10-23-18)13-5-15(20)8-16(21)6-13/h2-10H,11H2,1H3. The predicted octanol–water partition coefficient (Wildman–Crippen LogP) is 3.12. The number of pyridine rings is 2. The summed E-state index contributed by atoms with van der Waals surface area (Å²) < 4.78 is 30.1. The molecule has 7 heteroatoms. The van der Waals surface area contributed by atoms with E-state index in [2.05, 4.69) is 9.97 Å². The lowest BCUT2D eigenvalue weighted by Crippen LogP contribution is -2.22. The van der Waals surface area contributed by atoms with Gasteiger partial charge in [-0.25, -0.2) is 18.6 Å². The second-order valence-corrected chi connectivity index (χ2v) is 6.01. The molecule has 3 aromatic heterocycles. The molecule has 0 N–H and O–H groups in total. The molecule has 4 aromatic rings. The minimum Gasteiger partial charge on any atom is -0.286 e. The van der Waals surface area contributed by atoms with E-state index in [1.165, 1.54) is 22.9 Å². The highest BCUT2D eigenvalue weighted by molar-refractivity contribution is 5.79. The number of hydrogen-bond acceptors (Lipinski definition) is 3. The zero-order chi connectivity index (χ0) is 18.3. The fraction of sp³-hybridized carbons (Fsp3) is 0.105. The average molecular weight is 352 g/mol. The number of hydrogen-bond donors (Lipinski definition) is 0. The van der Waals surface area contributed by atoms with Crippen molar-refractivity contribution in [2.24, 2.45) is 7.05 Å². The number of rotatable bonds is 3. The van der Waals surface area contributed by atoms with E-state index < -0.39 is 11.6 Å². The number of imidazole rings is 1. The molecule has 0 radical (unpaired) electrons. The van der Waals surface area contributed by atoms with E-state index in [0.717, 1.165) is 11.6 Å². The fourth-order valence-corrected chi connectivity index (χ4v) is 2.98. The lowest BCUT2D eigenvalue weighted by Gasteiger charge is -2.06. The maximum atomic E-state index is 13.5. The summed E-state index contributed by atoms with van der Waals surface area (Å²) in [5.74, 6) is -1.33. The molecule has 0 aliphatic heterocycles. The van der Waals surface area contributed by atoms with Gasteiger partial charge in [0.2, 0.25) is 0 Å². The quantitative estimate of drug-likeness (QED) is 0.569. The Balaban J connectivity index is 1.89. The van der Waals surface area contributed by atoms with Crippen molar-refractivity contribution >= 4 is 11.2 Å². The number of halogens is 2. The Bertz CT molecular complexity index is 1150. The smallest absolute Gasteiger partial charge is 0.286 e. The van der Waals surface area contributed by atoms with E-state index >= 15 is 0 Å². The lowest BCUT2D eigenvalue weighted by atomic mass is 10.1. The zero-order valence-electron chi connectivity index (χ0n) is 13.9. The van der Waals surface area contributed by atoms with Gasteiger partial charge in [-0.05, 0) is 35.4 Å². The number of nitrogens with zero attached hydrogens (tertiary/aromatic N) is 4. The van der Waals surface area contributed by atoms with Gasteiger partial charge in [-0.3, -0.25) is 14.1 Å². The Kier molecular flexibility index (Phi) is 3.84. The molecule has 0 aliphatic rings. The van der Waals surface area contributed by atoms with Gasteiger partial charge in [0.1, 0.15) is 11.6 Å². The highest BCUT2D eigenvalue weighted by Crippen LogP contribution is 2.24. The molecule has 3 heterocycles. The molecule has 1 aromatic carbocycles. The van der Waals surface area contributed by atoms with Crippen molar-refractivity contribution in [3.05, 3.63) is 82.7 Å². The Labute approximate surface area is 147 Å². The van der Waals surface area contributed by atoms with Crippen molar-refractivity contribution in [1.82, 2.24) is 19.1 Å². The molecule has 4 rings (SSSR count). The minimum atomic E-state index is -0.666. The third kappa shape index (κ3) is 2.77. The molecule has 0 fully saturated rings. The van der Waals surface area contributed by atoms with E-state index in [9.17, 15) is 13.6 Å². The van der Waals surface area contributed by atoms with Crippen LogP contribution in [0.15, 0.2) is 59.8 Å². The van der Waals surface area contributed by atoms with Crippen LogP contribution in [0, 0.1) is 11.6 Å². The van der Waals surface area contributed by atoms with Crippen LogP contribution in [0.4, 0.5) is 8.78 Å². The maximum Gasteiger partial charge on any atom is 0.330 e.